The molecule has 1 unspecified atom stereocenters. The van der Waals surface area contributed by atoms with Crippen molar-refractivity contribution in [2.45, 2.75) is 31.8 Å². The third kappa shape index (κ3) is 4.52. The number of benzene rings is 2. The first-order chi connectivity index (χ1) is 13.1. The van der Waals surface area contributed by atoms with E-state index in [1.54, 1.807) is 25.3 Å². The maximum Gasteiger partial charge on any atom is 0.252 e. The number of nitrogens with one attached hydrogen (secondary N) is 2. The number of carbonyl (C=O) groups is 1. The number of rotatable bonds is 6. The van der Waals surface area contributed by atoms with E-state index in [-0.39, 0.29) is 17.7 Å². The molecule has 144 valence electrons. The highest BCUT2D eigenvalue weighted by Crippen LogP contribution is 2.29. The molecule has 0 radical (unpaired) electrons. The van der Waals surface area contributed by atoms with Gasteiger partial charge in [-0.3, -0.25) is 4.79 Å². The SMILES string of the molecule is COc1ccc(C2CCCCN2)c(C(=O)NCc2ccc(OC)c(O)c2)c1. The van der Waals surface area contributed by atoms with E-state index in [0.29, 0.717) is 23.6 Å². The minimum atomic E-state index is -0.161. The van der Waals surface area contributed by atoms with Crippen LogP contribution in [0.1, 0.15) is 46.8 Å². The largest absolute Gasteiger partial charge is 0.504 e. The van der Waals surface area contributed by atoms with E-state index >= 15 is 0 Å². The van der Waals surface area contributed by atoms with E-state index < -0.39 is 0 Å². The highest BCUT2D eigenvalue weighted by Gasteiger charge is 2.21. The van der Waals surface area contributed by atoms with Crippen LogP contribution in [0.5, 0.6) is 17.2 Å². The molecule has 0 spiro atoms. The van der Waals surface area contributed by atoms with Crippen LogP contribution in [0, 0.1) is 0 Å². The number of hydrogen-bond acceptors (Lipinski definition) is 5. The van der Waals surface area contributed by atoms with Crippen molar-refractivity contribution >= 4 is 5.91 Å². The van der Waals surface area contributed by atoms with Crippen molar-refractivity contribution in [3.63, 3.8) is 0 Å². The maximum atomic E-state index is 12.9. The lowest BCUT2D eigenvalue weighted by Crippen LogP contribution is -2.30. The van der Waals surface area contributed by atoms with Gasteiger partial charge in [0, 0.05) is 18.2 Å². The molecule has 1 fully saturated rings. The number of amides is 1. The fourth-order valence-electron chi connectivity index (χ4n) is 3.40. The molecule has 0 aromatic heterocycles. The molecule has 1 aliphatic rings. The molecule has 2 aromatic carbocycles. The first-order valence-electron chi connectivity index (χ1n) is 9.17. The molecular weight excluding hydrogens is 344 g/mol. The van der Waals surface area contributed by atoms with Gasteiger partial charge >= 0.3 is 0 Å². The van der Waals surface area contributed by atoms with Crippen LogP contribution >= 0.6 is 0 Å². The van der Waals surface area contributed by atoms with Crippen molar-refractivity contribution in [2.75, 3.05) is 20.8 Å². The van der Waals surface area contributed by atoms with Crippen molar-refractivity contribution in [1.82, 2.24) is 10.6 Å². The molecule has 1 heterocycles. The maximum absolute atomic E-state index is 12.9. The summed E-state index contributed by atoms with van der Waals surface area (Å²) in [7, 11) is 3.09. The van der Waals surface area contributed by atoms with E-state index in [1.807, 2.05) is 18.2 Å². The Morgan fingerprint density at radius 1 is 1.19 bits per heavy atom. The summed E-state index contributed by atoms with van der Waals surface area (Å²) < 4.78 is 10.3. The number of piperidine rings is 1. The zero-order chi connectivity index (χ0) is 19.2. The first kappa shape index (κ1) is 19.0. The van der Waals surface area contributed by atoms with Gasteiger partial charge < -0.3 is 25.2 Å². The van der Waals surface area contributed by atoms with Crippen LogP contribution < -0.4 is 20.1 Å². The van der Waals surface area contributed by atoms with Gasteiger partial charge in [-0.2, -0.15) is 0 Å². The van der Waals surface area contributed by atoms with Gasteiger partial charge in [-0.15, -0.1) is 0 Å². The van der Waals surface area contributed by atoms with Crippen LogP contribution in [-0.4, -0.2) is 31.8 Å². The summed E-state index contributed by atoms with van der Waals surface area (Å²) in [6.45, 7) is 1.27. The van der Waals surface area contributed by atoms with Gasteiger partial charge in [0.2, 0.25) is 0 Å². The lowest BCUT2D eigenvalue weighted by atomic mass is 9.93. The zero-order valence-electron chi connectivity index (χ0n) is 15.7. The fourth-order valence-corrected chi connectivity index (χ4v) is 3.40. The number of phenolic OH excluding ortho intramolecular Hbond substituents is 1. The molecule has 6 heteroatoms. The first-order valence-corrected chi connectivity index (χ1v) is 9.17. The Morgan fingerprint density at radius 3 is 2.70 bits per heavy atom. The van der Waals surface area contributed by atoms with Crippen LogP contribution in [0.15, 0.2) is 36.4 Å². The number of methoxy groups -OCH3 is 2. The van der Waals surface area contributed by atoms with E-state index in [1.165, 1.54) is 7.11 Å². The molecule has 27 heavy (non-hydrogen) atoms. The highest BCUT2D eigenvalue weighted by atomic mass is 16.5. The molecule has 1 amide bonds. The summed E-state index contributed by atoms with van der Waals surface area (Å²) in [5, 5.41) is 16.3. The van der Waals surface area contributed by atoms with Gasteiger partial charge in [0.15, 0.2) is 11.5 Å². The van der Waals surface area contributed by atoms with Gasteiger partial charge in [0.25, 0.3) is 5.91 Å². The third-order valence-corrected chi connectivity index (χ3v) is 4.89. The smallest absolute Gasteiger partial charge is 0.252 e. The van der Waals surface area contributed by atoms with E-state index in [2.05, 4.69) is 10.6 Å². The van der Waals surface area contributed by atoms with E-state index in [4.69, 9.17) is 9.47 Å². The Labute approximate surface area is 159 Å². The van der Waals surface area contributed by atoms with Gasteiger partial charge in [-0.05, 0) is 54.8 Å². The van der Waals surface area contributed by atoms with Crippen molar-refractivity contribution in [2.24, 2.45) is 0 Å². The van der Waals surface area contributed by atoms with Crippen molar-refractivity contribution in [1.29, 1.82) is 0 Å². The van der Waals surface area contributed by atoms with Crippen LogP contribution in [-0.2, 0) is 6.54 Å². The molecule has 1 atom stereocenters. The minimum absolute atomic E-state index is 0.0534. The number of carbonyl (C=O) groups excluding carboxylic acids is 1. The summed E-state index contributed by atoms with van der Waals surface area (Å²) in [5.41, 5.74) is 2.40. The second-order valence-corrected chi connectivity index (χ2v) is 6.64. The molecule has 3 N–H and O–H groups in total. The second-order valence-electron chi connectivity index (χ2n) is 6.64. The van der Waals surface area contributed by atoms with E-state index in [9.17, 15) is 9.90 Å². The predicted octanol–water partition coefficient (Wildman–Crippen LogP) is 3.15. The lowest BCUT2D eigenvalue weighted by molar-refractivity contribution is 0.0948. The highest BCUT2D eigenvalue weighted by molar-refractivity contribution is 5.96. The molecule has 0 aliphatic carbocycles. The standard InChI is InChI=1S/C21H26N2O4/c1-26-15-7-8-16(18-5-3-4-10-22-18)17(12-15)21(25)23-13-14-6-9-20(27-2)19(24)11-14/h6-9,11-12,18,22,24H,3-5,10,13H2,1-2H3,(H,23,25). The van der Waals surface area contributed by atoms with Gasteiger partial charge in [-0.25, -0.2) is 0 Å². The lowest BCUT2D eigenvalue weighted by Gasteiger charge is -2.26. The van der Waals surface area contributed by atoms with Crippen LogP contribution in [0.4, 0.5) is 0 Å². The number of ether oxygens (including phenoxy) is 2. The van der Waals surface area contributed by atoms with Crippen molar-refractivity contribution in [3.8, 4) is 17.2 Å². The summed E-state index contributed by atoms with van der Waals surface area (Å²) in [6, 6.07) is 10.9. The van der Waals surface area contributed by atoms with Crippen LogP contribution in [0.2, 0.25) is 0 Å². The monoisotopic (exact) mass is 370 g/mol. The van der Waals surface area contributed by atoms with Crippen molar-refractivity contribution in [3.05, 3.63) is 53.1 Å². The molecule has 3 rings (SSSR count). The molecule has 6 nitrogen and oxygen atoms in total. The topological polar surface area (TPSA) is 79.8 Å². The second kappa shape index (κ2) is 8.77. The minimum Gasteiger partial charge on any atom is -0.504 e. The van der Waals surface area contributed by atoms with Gasteiger partial charge in [0.05, 0.1) is 14.2 Å². The van der Waals surface area contributed by atoms with E-state index in [0.717, 1.165) is 36.9 Å². The molecule has 2 aromatic rings. The Morgan fingerprint density at radius 2 is 2.04 bits per heavy atom. The average Bonchev–Trinajstić information content (AvgIpc) is 2.72. The normalized spacial score (nSPS) is 16.6. The quantitative estimate of drug-likeness (QED) is 0.728. The zero-order valence-corrected chi connectivity index (χ0v) is 15.7. The Hall–Kier alpha value is -2.73. The molecule has 1 saturated heterocycles. The molecule has 1 aliphatic heterocycles. The molecule has 0 saturated carbocycles. The predicted molar refractivity (Wildman–Crippen MR) is 103 cm³/mol. The Kier molecular flexibility index (Phi) is 6.19. The van der Waals surface area contributed by atoms with Crippen LogP contribution in [0.3, 0.4) is 0 Å². The molecule has 0 bridgehead atoms. The number of phenols is 1. The summed E-state index contributed by atoms with van der Waals surface area (Å²) in [6.07, 6.45) is 3.32. The van der Waals surface area contributed by atoms with Gasteiger partial charge in [-0.1, -0.05) is 18.6 Å². The average molecular weight is 370 g/mol. The number of hydrogen-bond donors (Lipinski definition) is 3. The summed E-state index contributed by atoms with van der Waals surface area (Å²) in [4.78, 5) is 12.9. The summed E-state index contributed by atoms with van der Waals surface area (Å²) >= 11 is 0. The Bertz CT molecular complexity index is 801. The van der Waals surface area contributed by atoms with Gasteiger partial charge in [0.1, 0.15) is 5.75 Å². The third-order valence-electron chi connectivity index (χ3n) is 4.89. The fraction of sp³-hybridized carbons (Fsp3) is 0.381. The van der Waals surface area contributed by atoms with Crippen LogP contribution in [0.25, 0.3) is 0 Å². The summed E-state index contributed by atoms with van der Waals surface area (Å²) in [5.74, 6) is 0.953. The number of aromatic hydroxyl groups is 1. The van der Waals surface area contributed by atoms with Crippen molar-refractivity contribution < 1.29 is 19.4 Å². The molecular formula is C21H26N2O4. The Balaban J connectivity index is 1.77.